The molecular formula is C29H30N2OS. The maximum atomic E-state index is 13.8. The zero-order valence-corrected chi connectivity index (χ0v) is 20.3. The minimum atomic E-state index is 0.171. The molecule has 1 atom stereocenters. The molecule has 2 aromatic carbocycles. The first-order chi connectivity index (χ1) is 16.1. The Labute approximate surface area is 199 Å². The van der Waals surface area contributed by atoms with Gasteiger partial charge < -0.3 is 4.57 Å². The molecule has 0 amide bonds. The molecule has 168 valence electrons. The highest BCUT2D eigenvalue weighted by atomic mass is 32.1. The molecule has 1 aliphatic carbocycles. The molecule has 1 aliphatic heterocycles. The summed E-state index contributed by atoms with van der Waals surface area (Å²) < 4.78 is 2.15. The molecule has 0 spiro atoms. The number of benzene rings is 2. The fourth-order valence-corrected chi connectivity index (χ4v) is 7.61. The number of carbonyl (C=O) groups excluding carboxylic acids is 1. The largest absolute Gasteiger partial charge is 0.347 e. The number of aromatic nitrogens is 1. The monoisotopic (exact) mass is 454 g/mol. The lowest BCUT2D eigenvalue weighted by Gasteiger charge is -2.36. The molecule has 0 N–H and O–H groups in total. The van der Waals surface area contributed by atoms with E-state index >= 15 is 0 Å². The van der Waals surface area contributed by atoms with Crippen LogP contribution in [-0.4, -0.2) is 28.3 Å². The minimum absolute atomic E-state index is 0.171. The maximum absolute atomic E-state index is 13.8. The molecule has 0 fully saturated rings. The van der Waals surface area contributed by atoms with E-state index in [1.165, 1.54) is 36.1 Å². The van der Waals surface area contributed by atoms with Gasteiger partial charge in [0.05, 0.1) is 12.6 Å². The van der Waals surface area contributed by atoms with Gasteiger partial charge in [0, 0.05) is 45.5 Å². The van der Waals surface area contributed by atoms with E-state index in [1.807, 2.05) is 23.5 Å². The number of ketones is 1. The molecule has 2 aliphatic rings. The van der Waals surface area contributed by atoms with Crippen molar-refractivity contribution >= 4 is 28.0 Å². The zero-order chi connectivity index (χ0) is 22.5. The van der Waals surface area contributed by atoms with Gasteiger partial charge in [-0.3, -0.25) is 9.69 Å². The van der Waals surface area contributed by atoms with Crippen molar-refractivity contribution in [3.63, 3.8) is 0 Å². The van der Waals surface area contributed by atoms with Gasteiger partial charge in [-0.2, -0.15) is 0 Å². The Kier molecular flexibility index (Phi) is 5.23. The lowest BCUT2D eigenvalue weighted by molar-refractivity contribution is 0.0903. The minimum Gasteiger partial charge on any atom is -0.347 e. The van der Waals surface area contributed by atoms with Crippen molar-refractivity contribution in [2.24, 2.45) is 7.05 Å². The summed E-state index contributed by atoms with van der Waals surface area (Å²) in [7, 11) is 2.06. The fraction of sp³-hybridized carbons (Fsp3) is 0.345. The van der Waals surface area contributed by atoms with Gasteiger partial charge in [-0.15, -0.1) is 11.3 Å². The predicted octanol–water partition coefficient (Wildman–Crippen LogP) is 6.26. The third-order valence-electron chi connectivity index (χ3n) is 7.72. The van der Waals surface area contributed by atoms with Gasteiger partial charge in [0.15, 0.2) is 5.78 Å². The summed E-state index contributed by atoms with van der Waals surface area (Å²) in [6.45, 7) is 3.46. The third-order valence-corrected chi connectivity index (χ3v) is 9.10. The SMILES string of the molecule is Cc1c(C(=O)CN2CCc3c(sc4c3CCCC4)[C@@H]2c2ccccc2)c2ccccc2n1C. The van der Waals surface area contributed by atoms with Gasteiger partial charge in [-0.1, -0.05) is 48.5 Å². The molecule has 4 heteroatoms. The normalized spacial score (nSPS) is 18.3. The van der Waals surface area contributed by atoms with Crippen LogP contribution in [0.3, 0.4) is 0 Å². The van der Waals surface area contributed by atoms with Gasteiger partial charge in [0.25, 0.3) is 0 Å². The maximum Gasteiger partial charge on any atom is 0.179 e. The highest BCUT2D eigenvalue weighted by Crippen LogP contribution is 2.45. The van der Waals surface area contributed by atoms with Crippen LogP contribution in [-0.2, 0) is 26.3 Å². The smallest absolute Gasteiger partial charge is 0.179 e. The first-order valence-electron chi connectivity index (χ1n) is 12.1. The standard InChI is InChI=1S/C29H30N2OS/c1-19-27(23-13-6-8-14-24(23)30(19)2)25(32)18-31-17-16-22-21-12-7-9-15-26(21)33-29(22)28(31)20-10-4-3-5-11-20/h3-6,8,10-11,13-14,28H,7,9,12,15-18H2,1-2H3/t28-/m0/s1. The molecule has 4 aromatic rings. The van der Waals surface area contributed by atoms with Crippen molar-refractivity contribution in [3.8, 4) is 0 Å². The second kappa shape index (κ2) is 8.27. The number of nitrogens with zero attached hydrogens (tertiary/aromatic N) is 2. The van der Waals surface area contributed by atoms with Crippen LogP contribution < -0.4 is 0 Å². The number of aryl methyl sites for hydroxylation is 2. The number of hydrogen-bond acceptors (Lipinski definition) is 3. The Bertz CT molecular complexity index is 1350. The first kappa shape index (κ1) is 20.9. The number of carbonyl (C=O) groups is 1. The second-order valence-electron chi connectivity index (χ2n) is 9.55. The summed E-state index contributed by atoms with van der Waals surface area (Å²) in [6, 6.07) is 19.3. The molecule has 33 heavy (non-hydrogen) atoms. The molecule has 3 nitrogen and oxygen atoms in total. The zero-order valence-electron chi connectivity index (χ0n) is 19.4. The number of hydrogen-bond donors (Lipinski definition) is 0. The van der Waals surface area contributed by atoms with Crippen LogP contribution in [0.4, 0.5) is 0 Å². The fourth-order valence-electron chi connectivity index (χ4n) is 6.00. The van der Waals surface area contributed by atoms with E-state index in [9.17, 15) is 4.79 Å². The summed E-state index contributed by atoms with van der Waals surface area (Å²) in [5, 5.41) is 1.07. The quantitative estimate of drug-likeness (QED) is 0.340. The highest BCUT2D eigenvalue weighted by Gasteiger charge is 2.35. The average molecular weight is 455 g/mol. The van der Waals surface area contributed by atoms with Gasteiger partial charge in [-0.05, 0) is 61.8 Å². The van der Waals surface area contributed by atoms with Crippen molar-refractivity contribution in [2.45, 2.75) is 45.1 Å². The van der Waals surface area contributed by atoms with Crippen LogP contribution in [0.5, 0.6) is 0 Å². The highest BCUT2D eigenvalue weighted by molar-refractivity contribution is 7.12. The summed E-state index contributed by atoms with van der Waals surface area (Å²) in [6.07, 6.45) is 6.14. The summed E-state index contributed by atoms with van der Waals surface area (Å²) in [5.74, 6) is 0.231. The lowest BCUT2D eigenvalue weighted by atomic mass is 9.88. The molecule has 3 heterocycles. The van der Waals surface area contributed by atoms with Gasteiger partial charge in [0.2, 0.25) is 0 Å². The number of para-hydroxylation sites is 1. The average Bonchev–Trinajstić information content (AvgIpc) is 3.34. The molecule has 0 radical (unpaired) electrons. The number of rotatable bonds is 4. The van der Waals surface area contributed by atoms with E-state index < -0.39 is 0 Å². The van der Waals surface area contributed by atoms with E-state index in [0.717, 1.165) is 35.1 Å². The van der Waals surface area contributed by atoms with Crippen molar-refractivity contribution in [3.05, 3.63) is 92.3 Å². The van der Waals surface area contributed by atoms with Crippen LogP contribution >= 0.6 is 11.3 Å². The molecule has 2 aromatic heterocycles. The number of fused-ring (bicyclic) bond motifs is 4. The van der Waals surface area contributed by atoms with Crippen LogP contribution in [0.2, 0.25) is 0 Å². The summed E-state index contributed by atoms with van der Waals surface area (Å²) in [5.41, 5.74) is 7.61. The van der Waals surface area contributed by atoms with E-state index in [1.54, 1.807) is 16.0 Å². The third kappa shape index (κ3) is 3.39. The topological polar surface area (TPSA) is 25.2 Å². The van der Waals surface area contributed by atoms with Crippen molar-refractivity contribution in [1.82, 2.24) is 9.47 Å². The molecule has 0 saturated carbocycles. The van der Waals surface area contributed by atoms with Gasteiger partial charge >= 0.3 is 0 Å². The first-order valence-corrected chi connectivity index (χ1v) is 12.9. The Balaban J connectivity index is 1.40. The van der Waals surface area contributed by atoms with E-state index in [2.05, 4.69) is 65.9 Å². The Morgan fingerprint density at radius 1 is 0.970 bits per heavy atom. The van der Waals surface area contributed by atoms with Crippen LogP contribution in [0.1, 0.15) is 61.4 Å². The molecule has 0 bridgehead atoms. The van der Waals surface area contributed by atoms with Crippen LogP contribution in [0, 0.1) is 6.92 Å². The Morgan fingerprint density at radius 2 is 1.73 bits per heavy atom. The van der Waals surface area contributed by atoms with Crippen LogP contribution in [0.15, 0.2) is 54.6 Å². The van der Waals surface area contributed by atoms with E-state index in [0.29, 0.717) is 6.54 Å². The van der Waals surface area contributed by atoms with Gasteiger partial charge in [0.1, 0.15) is 0 Å². The number of Topliss-reactive ketones (excluding diaryl/α,β-unsaturated/α-hetero) is 1. The van der Waals surface area contributed by atoms with Crippen molar-refractivity contribution in [1.29, 1.82) is 0 Å². The molecular weight excluding hydrogens is 424 g/mol. The Morgan fingerprint density at radius 3 is 2.58 bits per heavy atom. The van der Waals surface area contributed by atoms with E-state index in [4.69, 9.17) is 0 Å². The molecule has 0 unspecified atom stereocenters. The van der Waals surface area contributed by atoms with Crippen molar-refractivity contribution < 1.29 is 4.79 Å². The predicted molar refractivity (Wildman–Crippen MR) is 137 cm³/mol. The van der Waals surface area contributed by atoms with Crippen molar-refractivity contribution in [2.75, 3.05) is 13.1 Å². The molecule has 6 rings (SSSR count). The Hall–Kier alpha value is -2.69. The van der Waals surface area contributed by atoms with E-state index in [-0.39, 0.29) is 11.8 Å². The second-order valence-corrected chi connectivity index (χ2v) is 10.7. The van der Waals surface area contributed by atoms with Gasteiger partial charge in [-0.25, -0.2) is 0 Å². The summed E-state index contributed by atoms with van der Waals surface area (Å²) >= 11 is 2.02. The summed E-state index contributed by atoms with van der Waals surface area (Å²) in [4.78, 5) is 19.3. The molecule has 0 saturated heterocycles. The lowest BCUT2D eigenvalue weighted by Crippen LogP contribution is -2.39. The number of thiophene rings is 1. The van der Waals surface area contributed by atoms with Crippen LogP contribution in [0.25, 0.3) is 10.9 Å².